The number of ether oxygens (including phenoxy) is 1. The zero-order valence-corrected chi connectivity index (χ0v) is 12.8. The van der Waals surface area contributed by atoms with Gasteiger partial charge in [0.15, 0.2) is 0 Å². The minimum atomic E-state index is 0.174. The van der Waals surface area contributed by atoms with Gasteiger partial charge < -0.3 is 19.9 Å². The Labute approximate surface area is 126 Å². The van der Waals surface area contributed by atoms with Gasteiger partial charge in [-0.2, -0.15) is 0 Å². The summed E-state index contributed by atoms with van der Waals surface area (Å²) in [5.74, 6) is 0.372. The fraction of sp³-hybridized carbons (Fsp3) is 0.857. The zero-order valence-electron chi connectivity index (χ0n) is 12.8. The summed E-state index contributed by atoms with van der Waals surface area (Å²) in [7, 11) is 1.85. The SMILES string of the molecule is CNCCC(=O)N1CCN(CC(=O)N2CCOCC2)CC1. The van der Waals surface area contributed by atoms with Crippen LogP contribution in [0.15, 0.2) is 0 Å². The highest BCUT2D eigenvalue weighted by Crippen LogP contribution is 2.05. The van der Waals surface area contributed by atoms with Crippen LogP contribution in [-0.2, 0) is 14.3 Å². The van der Waals surface area contributed by atoms with E-state index in [1.165, 1.54) is 0 Å². The van der Waals surface area contributed by atoms with Gasteiger partial charge in [0.1, 0.15) is 0 Å². The lowest BCUT2D eigenvalue weighted by molar-refractivity contribution is -0.137. The van der Waals surface area contributed by atoms with Crippen molar-refractivity contribution in [3.8, 4) is 0 Å². The van der Waals surface area contributed by atoms with Crippen LogP contribution in [0.4, 0.5) is 0 Å². The maximum Gasteiger partial charge on any atom is 0.236 e. The first-order valence-electron chi connectivity index (χ1n) is 7.71. The lowest BCUT2D eigenvalue weighted by Gasteiger charge is -2.36. The van der Waals surface area contributed by atoms with Crippen LogP contribution in [-0.4, -0.2) is 99.1 Å². The smallest absolute Gasteiger partial charge is 0.236 e. The van der Waals surface area contributed by atoms with Gasteiger partial charge in [0.25, 0.3) is 0 Å². The van der Waals surface area contributed by atoms with Gasteiger partial charge in [0.05, 0.1) is 19.8 Å². The molecule has 120 valence electrons. The van der Waals surface area contributed by atoms with Crippen LogP contribution in [0.3, 0.4) is 0 Å². The molecule has 0 aromatic carbocycles. The molecule has 2 amide bonds. The first-order valence-corrected chi connectivity index (χ1v) is 7.71. The van der Waals surface area contributed by atoms with E-state index in [2.05, 4.69) is 10.2 Å². The van der Waals surface area contributed by atoms with Gasteiger partial charge in [-0.15, -0.1) is 0 Å². The second kappa shape index (κ2) is 8.31. The van der Waals surface area contributed by atoms with Crippen LogP contribution in [0.25, 0.3) is 0 Å². The summed E-state index contributed by atoms with van der Waals surface area (Å²) < 4.78 is 5.26. The van der Waals surface area contributed by atoms with Gasteiger partial charge in [0, 0.05) is 52.2 Å². The summed E-state index contributed by atoms with van der Waals surface area (Å²) in [4.78, 5) is 30.0. The van der Waals surface area contributed by atoms with Crippen LogP contribution in [0, 0.1) is 0 Å². The van der Waals surface area contributed by atoms with Crippen LogP contribution in [0.5, 0.6) is 0 Å². The lowest BCUT2D eigenvalue weighted by atomic mass is 10.2. The highest BCUT2D eigenvalue weighted by atomic mass is 16.5. The molecule has 7 nitrogen and oxygen atoms in total. The Kier molecular flexibility index (Phi) is 6.41. The van der Waals surface area contributed by atoms with E-state index >= 15 is 0 Å². The third-order valence-corrected chi connectivity index (χ3v) is 4.04. The average molecular weight is 298 g/mol. The molecule has 0 unspecified atom stereocenters. The molecule has 0 aliphatic carbocycles. The first kappa shape index (κ1) is 16.2. The Balaban J connectivity index is 1.68. The molecule has 1 N–H and O–H groups in total. The van der Waals surface area contributed by atoms with Crippen molar-refractivity contribution in [2.24, 2.45) is 0 Å². The van der Waals surface area contributed by atoms with E-state index in [0.717, 1.165) is 26.2 Å². The topological polar surface area (TPSA) is 65.1 Å². The number of hydrogen-bond acceptors (Lipinski definition) is 5. The number of hydrogen-bond donors (Lipinski definition) is 1. The largest absolute Gasteiger partial charge is 0.378 e. The van der Waals surface area contributed by atoms with Crippen molar-refractivity contribution in [2.75, 3.05) is 72.6 Å². The molecule has 2 aliphatic rings. The van der Waals surface area contributed by atoms with Gasteiger partial charge in [-0.05, 0) is 7.05 Å². The molecular formula is C14H26N4O3. The van der Waals surface area contributed by atoms with Crippen molar-refractivity contribution in [1.29, 1.82) is 0 Å². The van der Waals surface area contributed by atoms with Gasteiger partial charge in [-0.1, -0.05) is 0 Å². The van der Waals surface area contributed by atoms with E-state index in [9.17, 15) is 9.59 Å². The normalized spacial score (nSPS) is 20.6. The molecule has 7 heteroatoms. The average Bonchev–Trinajstić information content (AvgIpc) is 2.54. The number of morpholine rings is 1. The molecule has 0 atom stereocenters. The van der Waals surface area contributed by atoms with E-state index in [-0.39, 0.29) is 11.8 Å². The highest BCUT2D eigenvalue weighted by molar-refractivity contribution is 5.78. The highest BCUT2D eigenvalue weighted by Gasteiger charge is 2.24. The molecular weight excluding hydrogens is 272 g/mol. The van der Waals surface area contributed by atoms with Gasteiger partial charge >= 0.3 is 0 Å². The van der Waals surface area contributed by atoms with Crippen molar-refractivity contribution in [3.63, 3.8) is 0 Å². The predicted molar refractivity (Wildman–Crippen MR) is 79.0 cm³/mol. The molecule has 2 aliphatic heterocycles. The van der Waals surface area contributed by atoms with E-state index in [4.69, 9.17) is 4.74 Å². The van der Waals surface area contributed by atoms with Crippen LogP contribution in [0.2, 0.25) is 0 Å². The van der Waals surface area contributed by atoms with Crippen LogP contribution < -0.4 is 5.32 Å². The summed E-state index contributed by atoms with van der Waals surface area (Å²) in [5, 5.41) is 2.99. The number of nitrogens with one attached hydrogen (secondary N) is 1. The number of piperazine rings is 1. The van der Waals surface area contributed by atoms with E-state index in [1.54, 1.807) is 0 Å². The van der Waals surface area contributed by atoms with Gasteiger partial charge in [0.2, 0.25) is 11.8 Å². The number of amides is 2. The van der Waals surface area contributed by atoms with Crippen molar-refractivity contribution in [2.45, 2.75) is 6.42 Å². The maximum absolute atomic E-state index is 12.2. The Bertz CT molecular complexity index is 350. The molecule has 0 radical (unpaired) electrons. The fourth-order valence-electron chi connectivity index (χ4n) is 2.65. The molecule has 0 bridgehead atoms. The summed E-state index contributed by atoms with van der Waals surface area (Å²) in [6.45, 7) is 6.84. The van der Waals surface area contributed by atoms with E-state index in [1.807, 2.05) is 16.8 Å². The molecule has 0 saturated carbocycles. The minimum Gasteiger partial charge on any atom is -0.378 e. The Hall–Kier alpha value is -1.18. The minimum absolute atomic E-state index is 0.174. The Morgan fingerprint density at radius 1 is 0.952 bits per heavy atom. The molecule has 0 aromatic heterocycles. The molecule has 2 rings (SSSR count). The third-order valence-electron chi connectivity index (χ3n) is 4.04. The number of rotatable bonds is 5. The lowest BCUT2D eigenvalue weighted by Crippen LogP contribution is -2.52. The van der Waals surface area contributed by atoms with Crippen molar-refractivity contribution in [1.82, 2.24) is 20.0 Å². The number of nitrogens with zero attached hydrogens (tertiary/aromatic N) is 3. The molecule has 2 heterocycles. The zero-order chi connectivity index (χ0) is 15.1. The van der Waals surface area contributed by atoms with Crippen molar-refractivity contribution >= 4 is 11.8 Å². The molecule has 0 spiro atoms. The second-order valence-corrected chi connectivity index (χ2v) is 5.50. The van der Waals surface area contributed by atoms with E-state index < -0.39 is 0 Å². The Morgan fingerprint density at radius 2 is 1.57 bits per heavy atom. The number of carbonyl (C=O) groups is 2. The monoisotopic (exact) mass is 298 g/mol. The van der Waals surface area contributed by atoms with Crippen LogP contribution in [0.1, 0.15) is 6.42 Å². The molecule has 0 aromatic rings. The second-order valence-electron chi connectivity index (χ2n) is 5.50. The number of carbonyl (C=O) groups excluding carboxylic acids is 2. The summed E-state index contributed by atoms with van der Waals surface area (Å²) >= 11 is 0. The van der Waals surface area contributed by atoms with Crippen molar-refractivity contribution < 1.29 is 14.3 Å². The first-order chi connectivity index (χ1) is 10.2. The van der Waals surface area contributed by atoms with Gasteiger partial charge in [-0.3, -0.25) is 14.5 Å². The third kappa shape index (κ3) is 4.94. The maximum atomic E-state index is 12.2. The quantitative estimate of drug-likeness (QED) is 0.676. The molecule has 2 fully saturated rings. The molecule has 2 saturated heterocycles. The van der Waals surface area contributed by atoms with Crippen molar-refractivity contribution in [3.05, 3.63) is 0 Å². The van der Waals surface area contributed by atoms with E-state index in [0.29, 0.717) is 45.8 Å². The summed E-state index contributed by atoms with van der Waals surface area (Å²) in [5.41, 5.74) is 0. The Morgan fingerprint density at radius 3 is 2.19 bits per heavy atom. The van der Waals surface area contributed by atoms with Crippen LogP contribution >= 0.6 is 0 Å². The standard InChI is InChI=1S/C14H26N4O3/c1-15-3-2-13(19)17-6-4-16(5-7-17)12-14(20)18-8-10-21-11-9-18/h15H,2-12H2,1H3. The summed E-state index contributed by atoms with van der Waals surface area (Å²) in [6, 6.07) is 0. The fourth-order valence-corrected chi connectivity index (χ4v) is 2.65. The predicted octanol–water partition coefficient (Wildman–Crippen LogP) is -1.40. The van der Waals surface area contributed by atoms with Gasteiger partial charge in [-0.25, -0.2) is 0 Å². The summed E-state index contributed by atoms with van der Waals surface area (Å²) in [6.07, 6.45) is 0.545. The molecule has 21 heavy (non-hydrogen) atoms.